The first-order valence-corrected chi connectivity index (χ1v) is 24.4. The number of alkyl halides is 2. The SMILES string of the molecule is O=C(N[C@@H](c1ccccc1)c1cccc(C(=O)Oc2ccc(CCN3CCC[C@H]3C(=O)O[C@@H](Cc3c(Cl)c[nH+]cc3Cl)c3ccc(OC(F)F)c(OCC4CC4)c3)cc2)c1)O[C@H]1CN2CCC1CC2. The number of amides is 1. The fourth-order valence-electron chi connectivity index (χ4n) is 9.53. The number of pyridine rings is 1. The first-order chi connectivity index (χ1) is 33.5. The molecule has 1 saturated carbocycles. The Balaban J connectivity index is 0.827. The fourth-order valence-corrected chi connectivity index (χ4v) is 10.1. The van der Waals surface area contributed by atoms with Crippen LogP contribution in [0.4, 0.5) is 13.6 Å². The molecule has 1 aliphatic carbocycles. The predicted molar refractivity (Wildman–Crippen MR) is 254 cm³/mol. The number of likely N-dealkylation sites (tertiary alicyclic amines) is 1. The number of H-pyrrole nitrogens is 1. The van der Waals surface area contributed by atoms with Crippen molar-refractivity contribution < 1.29 is 51.8 Å². The largest absolute Gasteiger partial charge is 0.489 e. The van der Waals surface area contributed by atoms with Gasteiger partial charge < -0.3 is 29.0 Å². The van der Waals surface area contributed by atoms with Crippen LogP contribution in [0, 0.1) is 11.8 Å². The van der Waals surface area contributed by atoms with Crippen molar-refractivity contribution in [2.24, 2.45) is 11.8 Å². The second-order valence-electron chi connectivity index (χ2n) is 18.3. The van der Waals surface area contributed by atoms with Gasteiger partial charge in [-0.15, -0.1) is 0 Å². The van der Waals surface area contributed by atoms with E-state index in [0.29, 0.717) is 82.4 Å². The van der Waals surface area contributed by atoms with Gasteiger partial charge in [0, 0.05) is 25.1 Å². The number of rotatable bonds is 19. The number of benzene rings is 4. The lowest BCUT2D eigenvalue weighted by molar-refractivity contribution is -0.377. The second-order valence-corrected chi connectivity index (χ2v) is 19.1. The van der Waals surface area contributed by atoms with Gasteiger partial charge in [0.25, 0.3) is 0 Å². The molecule has 1 amide bonds. The van der Waals surface area contributed by atoms with E-state index in [1.807, 2.05) is 48.5 Å². The number of hydrogen-bond donors (Lipinski definition) is 1. The molecule has 69 heavy (non-hydrogen) atoms. The molecule has 2 bridgehead atoms. The molecule has 0 spiro atoms. The van der Waals surface area contributed by atoms with E-state index in [0.717, 1.165) is 62.9 Å². The molecule has 0 radical (unpaired) electrons. The number of nitrogens with zero attached hydrogens (tertiary/aromatic N) is 2. The number of alkyl carbamates (subject to hydrolysis) is 1. The van der Waals surface area contributed by atoms with Gasteiger partial charge in [0.05, 0.1) is 18.2 Å². The normalized spacial score (nSPS) is 20.8. The number of aromatic amines is 1. The summed E-state index contributed by atoms with van der Waals surface area (Å²) in [7, 11) is 0. The molecule has 4 atom stereocenters. The van der Waals surface area contributed by atoms with Crippen LogP contribution in [-0.4, -0.2) is 85.9 Å². The number of carbonyl (C=O) groups is 3. The van der Waals surface area contributed by atoms with Crippen molar-refractivity contribution in [3.05, 3.63) is 153 Å². The number of nitrogens with one attached hydrogen (secondary N) is 2. The average Bonchev–Trinajstić information content (AvgIpc) is 4.07. The summed E-state index contributed by atoms with van der Waals surface area (Å²) in [5.74, 6) is 0.142. The van der Waals surface area contributed by atoms with E-state index in [4.69, 9.17) is 46.9 Å². The molecule has 5 heterocycles. The molecule has 5 fully saturated rings. The van der Waals surface area contributed by atoms with Gasteiger partial charge in [0.15, 0.2) is 23.9 Å². The minimum Gasteiger partial charge on any atom is -0.489 e. The quantitative estimate of drug-likeness (QED) is 0.0631. The molecule has 10 rings (SSSR count). The molecular weight excluding hydrogens is 930 g/mol. The lowest BCUT2D eigenvalue weighted by Gasteiger charge is -2.43. The monoisotopic (exact) mass is 983 g/mol. The Morgan fingerprint density at radius 3 is 2.26 bits per heavy atom. The lowest BCUT2D eigenvalue weighted by atomic mass is 9.86. The predicted octanol–water partition coefficient (Wildman–Crippen LogP) is 9.86. The second kappa shape index (κ2) is 22.3. The van der Waals surface area contributed by atoms with Crippen LogP contribution in [0.3, 0.4) is 0 Å². The zero-order chi connectivity index (χ0) is 47.9. The summed E-state index contributed by atoms with van der Waals surface area (Å²) in [4.78, 5) is 48.3. The number of ether oxygens (including phenoxy) is 5. The van der Waals surface area contributed by atoms with Crippen molar-refractivity contribution in [2.75, 3.05) is 39.3 Å². The van der Waals surface area contributed by atoms with E-state index in [1.54, 1.807) is 54.9 Å². The number of halogens is 4. The summed E-state index contributed by atoms with van der Waals surface area (Å²) in [5, 5.41) is 3.77. The van der Waals surface area contributed by atoms with Crippen molar-refractivity contribution in [1.29, 1.82) is 0 Å². The van der Waals surface area contributed by atoms with Crippen molar-refractivity contribution >= 4 is 41.2 Å². The van der Waals surface area contributed by atoms with E-state index >= 15 is 0 Å². The topological polar surface area (TPSA) is 130 Å². The zero-order valence-electron chi connectivity index (χ0n) is 38.0. The van der Waals surface area contributed by atoms with Gasteiger partial charge in [-0.2, -0.15) is 8.78 Å². The van der Waals surface area contributed by atoms with Crippen LogP contribution in [0.5, 0.6) is 17.2 Å². The molecule has 1 aromatic heterocycles. The third-order valence-corrected chi connectivity index (χ3v) is 14.2. The number of esters is 2. The highest BCUT2D eigenvalue weighted by molar-refractivity contribution is 6.35. The molecular formula is C53H55Cl2F2N4O8+. The molecule has 4 aromatic carbocycles. The molecule has 4 aliphatic heterocycles. The lowest BCUT2D eigenvalue weighted by Crippen LogP contribution is -2.52. The van der Waals surface area contributed by atoms with Crippen LogP contribution < -0.4 is 24.5 Å². The summed E-state index contributed by atoms with van der Waals surface area (Å²) in [5.41, 5.74) is 3.92. The Kier molecular flexibility index (Phi) is 15.6. The van der Waals surface area contributed by atoms with Gasteiger partial charge in [-0.25, -0.2) is 14.6 Å². The molecule has 5 aromatic rings. The summed E-state index contributed by atoms with van der Waals surface area (Å²) in [6.45, 7) is 1.39. The highest BCUT2D eigenvalue weighted by Crippen LogP contribution is 2.39. The number of carbonyl (C=O) groups excluding carboxylic acids is 3. The standard InChI is InChI=1S/C53H54Cl2F2N4O8/c54-42-29-58-30-43(55)41(42)28-46(37-15-18-45(68-52(56)57)47(27-37)65-32-34-11-12-34)67-51(63)44-10-5-22-61(44)25-19-33-13-16-40(17-14-33)66-50(62)39-9-4-8-38(26-39)49(36-6-2-1-3-7-36)59-53(64)69-48-31-60-23-20-35(48)21-24-60/h1-4,6-9,13-18,26-27,29-30,34-35,44,46,48-49,52H,5,10-12,19-25,28,31-32H2,(H,59,64)/p+1/t44-,46-,48-,49-/m0/s1. The van der Waals surface area contributed by atoms with Crippen molar-refractivity contribution in [3.63, 3.8) is 0 Å². The third kappa shape index (κ3) is 12.5. The molecule has 12 nitrogen and oxygen atoms in total. The average molecular weight is 985 g/mol. The van der Waals surface area contributed by atoms with Crippen LogP contribution in [0.25, 0.3) is 0 Å². The number of fused-ring (bicyclic) bond motifs is 3. The maximum atomic E-state index is 14.1. The van der Waals surface area contributed by atoms with E-state index in [9.17, 15) is 23.2 Å². The molecule has 0 unspecified atom stereocenters. The van der Waals surface area contributed by atoms with Crippen LogP contribution in [0.1, 0.15) is 88.8 Å². The van der Waals surface area contributed by atoms with Crippen LogP contribution >= 0.6 is 23.2 Å². The van der Waals surface area contributed by atoms with E-state index in [2.05, 4.69) is 20.1 Å². The Hall–Kier alpha value is -5.80. The van der Waals surface area contributed by atoms with Gasteiger partial charge >= 0.3 is 24.6 Å². The number of aromatic nitrogens is 1. The van der Waals surface area contributed by atoms with Crippen molar-refractivity contribution in [1.82, 2.24) is 15.1 Å². The summed E-state index contributed by atoms with van der Waals surface area (Å²) in [6, 6.07) is 27.4. The minimum atomic E-state index is -3.05. The molecule has 2 N–H and O–H groups in total. The Morgan fingerprint density at radius 2 is 1.55 bits per heavy atom. The van der Waals surface area contributed by atoms with Gasteiger partial charge in [-0.1, -0.05) is 83.9 Å². The van der Waals surface area contributed by atoms with Crippen LogP contribution in [0.2, 0.25) is 10.0 Å². The highest BCUT2D eigenvalue weighted by Gasteiger charge is 2.38. The first-order valence-electron chi connectivity index (χ1n) is 23.7. The minimum absolute atomic E-state index is 0.107. The highest BCUT2D eigenvalue weighted by atomic mass is 35.5. The number of hydrogen-bond acceptors (Lipinski definition) is 10. The van der Waals surface area contributed by atoms with Crippen LogP contribution in [0.15, 0.2) is 109 Å². The molecule has 362 valence electrons. The first kappa shape index (κ1) is 48.2. The molecule has 16 heteroatoms. The smallest absolute Gasteiger partial charge is 0.408 e. The van der Waals surface area contributed by atoms with E-state index in [1.165, 1.54) is 6.07 Å². The van der Waals surface area contributed by atoms with Crippen molar-refractivity contribution in [3.8, 4) is 17.2 Å². The van der Waals surface area contributed by atoms with Gasteiger partial charge in [-0.3, -0.25) is 14.6 Å². The Labute approximate surface area is 410 Å². The fraction of sp³-hybridized carbons (Fsp3) is 0.396. The number of piperidine rings is 3. The van der Waals surface area contributed by atoms with E-state index in [-0.39, 0.29) is 24.0 Å². The Morgan fingerprint density at radius 1 is 0.797 bits per heavy atom. The maximum absolute atomic E-state index is 14.1. The summed E-state index contributed by atoms with van der Waals surface area (Å²) in [6.07, 6.45) is 7.80. The third-order valence-electron chi connectivity index (χ3n) is 13.5. The maximum Gasteiger partial charge on any atom is 0.408 e. The molecule has 4 saturated heterocycles. The Bertz CT molecular complexity index is 2560. The summed E-state index contributed by atoms with van der Waals surface area (Å²) < 4.78 is 55.5. The molecule has 5 aliphatic rings. The summed E-state index contributed by atoms with van der Waals surface area (Å²) >= 11 is 13.1. The van der Waals surface area contributed by atoms with Crippen molar-refractivity contribution in [2.45, 2.75) is 82.3 Å². The van der Waals surface area contributed by atoms with Gasteiger partial charge in [0.2, 0.25) is 0 Å². The van der Waals surface area contributed by atoms with Crippen LogP contribution in [-0.2, 0) is 27.1 Å². The van der Waals surface area contributed by atoms with Gasteiger partial charge in [0.1, 0.15) is 34.0 Å². The van der Waals surface area contributed by atoms with E-state index < -0.39 is 42.8 Å². The zero-order valence-corrected chi connectivity index (χ0v) is 39.5. The van der Waals surface area contributed by atoms with Gasteiger partial charge in [-0.05, 0) is 135 Å².